The van der Waals surface area contributed by atoms with Crippen LogP contribution in [0.25, 0.3) is 11.1 Å². The molecule has 0 aliphatic carbocycles. The highest BCUT2D eigenvalue weighted by atomic mass is 32.2. The maximum absolute atomic E-state index is 13.3. The van der Waals surface area contributed by atoms with Crippen LogP contribution >= 0.6 is 19.4 Å². The highest BCUT2D eigenvalue weighted by molar-refractivity contribution is 8.00. The maximum Gasteiger partial charge on any atom is 0.356 e. The Bertz CT molecular complexity index is 1570. The summed E-state index contributed by atoms with van der Waals surface area (Å²) in [5.74, 6) is -2.16. The number of β-lactam (4-membered cyclic amide) rings is 1. The molecule has 1 aliphatic rings. The fourth-order valence-electron chi connectivity index (χ4n) is 4.59. The maximum atomic E-state index is 13.3. The smallest absolute Gasteiger partial charge is 0.356 e. The van der Waals surface area contributed by atoms with E-state index in [1.54, 1.807) is 60.7 Å². The summed E-state index contributed by atoms with van der Waals surface area (Å²) in [5.41, 5.74) is 2.22. The van der Waals surface area contributed by atoms with E-state index in [1.165, 1.54) is 47.0 Å². The fraction of sp³-hybridized carbons (Fsp3) is 0.103. The molecule has 0 bridgehead atoms. The number of ketones is 1. The number of halogens is 1. The van der Waals surface area contributed by atoms with Gasteiger partial charge in [-0.15, -0.1) is 11.8 Å². The standard InChI is InChI=1S/C29H23FNO6PS/c30-20-9-13-23(14-10-20)39-17-26(33)27-28(31(29(27)34)21-4-2-1-3-5-21)24-15-8-19(16-25(24)32)18-6-11-22(12-7-18)38(35,36)37/h1-16,27-28,32H,17H2,(H2,35,36,37)/t27-,28-/m1/s1. The van der Waals surface area contributed by atoms with Crippen LogP contribution in [-0.2, 0) is 14.2 Å². The summed E-state index contributed by atoms with van der Waals surface area (Å²) >= 11 is 1.21. The monoisotopic (exact) mass is 563 g/mol. The molecule has 1 saturated heterocycles. The van der Waals surface area contributed by atoms with Crippen LogP contribution in [0.1, 0.15) is 11.6 Å². The molecule has 1 heterocycles. The molecule has 7 nitrogen and oxygen atoms in total. The third-order valence-electron chi connectivity index (χ3n) is 6.56. The Balaban J connectivity index is 1.44. The Hall–Kier alpha value is -3.75. The van der Waals surface area contributed by atoms with Crippen molar-refractivity contribution >= 4 is 42.0 Å². The summed E-state index contributed by atoms with van der Waals surface area (Å²) in [5, 5.41) is 10.9. The van der Waals surface area contributed by atoms with Crippen LogP contribution in [0, 0.1) is 11.7 Å². The van der Waals surface area contributed by atoms with Crippen molar-refractivity contribution in [2.75, 3.05) is 10.7 Å². The number of hydrogen-bond donors (Lipinski definition) is 3. The third-order valence-corrected chi connectivity index (χ3v) is 8.56. The summed E-state index contributed by atoms with van der Waals surface area (Å²) in [7, 11) is -4.38. The first-order chi connectivity index (χ1) is 18.6. The van der Waals surface area contributed by atoms with Gasteiger partial charge in [-0.1, -0.05) is 42.5 Å². The summed E-state index contributed by atoms with van der Waals surface area (Å²) in [4.78, 5) is 47.4. The minimum absolute atomic E-state index is 0.00589. The van der Waals surface area contributed by atoms with Gasteiger partial charge in [-0.2, -0.15) is 0 Å². The van der Waals surface area contributed by atoms with Crippen molar-refractivity contribution in [3.05, 3.63) is 108 Å². The molecule has 10 heteroatoms. The van der Waals surface area contributed by atoms with Crippen LogP contribution in [-0.4, -0.2) is 32.3 Å². The van der Waals surface area contributed by atoms with E-state index in [-0.39, 0.29) is 34.3 Å². The zero-order valence-electron chi connectivity index (χ0n) is 20.3. The Morgan fingerprint density at radius 3 is 2.15 bits per heavy atom. The van der Waals surface area contributed by atoms with Crippen LogP contribution < -0.4 is 10.2 Å². The first-order valence-corrected chi connectivity index (χ1v) is 14.5. The van der Waals surface area contributed by atoms with Crippen molar-refractivity contribution in [2.24, 2.45) is 5.92 Å². The van der Waals surface area contributed by atoms with Gasteiger partial charge in [0, 0.05) is 16.1 Å². The summed E-state index contributed by atoms with van der Waals surface area (Å²) in [6, 6.07) is 24.5. The normalized spacial score (nSPS) is 17.1. The highest BCUT2D eigenvalue weighted by Crippen LogP contribution is 2.47. The lowest BCUT2D eigenvalue weighted by Gasteiger charge is -2.46. The number of aromatic hydroxyl groups is 1. The van der Waals surface area contributed by atoms with E-state index in [0.29, 0.717) is 27.3 Å². The van der Waals surface area contributed by atoms with Gasteiger partial charge in [0.15, 0.2) is 5.78 Å². The molecule has 0 spiro atoms. The lowest BCUT2D eigenvalue weighted by Crippen LogP contribution is -2.58. The number of carbonyl (C=O) groups excluding carboxylic acids is 2. The van der Waals surface area contributed by atoms with Crippen LogP contribution in [0.3, 0.4) is 0 Å². The van der Waals surface area contributed by atoms with Crippen LogP contribution in [0.4, 0.5) is 10.1 Å². The number of anilines is 1. The van der Waals surface area contributed by atoms with Crippen LogP contribution in [0.2, 0.25) is 0 Å². The molecule has 4 aromatic rings. The van der Waals surface area contributed by atoms with Crippen molar-refractivity contribution in [1.82, 2.24) is 0 Å². The quantitative estimate of drug-likeness (QED) is 0.119. The molecular weight excluding hydrogens is 540 g/mol. The van der Waals surface area contributed by atoms with E-state index >= 15 is 0 Å². The van der Waals surface area contributed by atoms with Crippen LogP contribution in [0.15, 0.2) is 102 Å². The van der Waals surface area contributed by atoms with Crippen molar-refractivity contribution in [2.45, 2.75) is 10.9 Å². The molecule has 0 saturated carbocycles. The van der Waals surface area contributed by atoms with E-state index in [4.69, 9.17) is 0 Å². The van der Waals surface area contributed by atoms with Gasteiger partial charge in [-0.25, -0.2) is 4.39 Å². The molecule has 2 atom stereocenters. The zero-order chi connectivity index (χ0) is 27.7. The molecule has 5 rings (SSSR count). The second kappa shape index (κ2) is 10.8. The summed E-state index contributed by atoms with van der Waals surface area (Å²) in [6.07, 6.45) is 0. The predicted molar refractivity (Wildman–Crippen MR) is 148 cm³/mol. The number of phenolic OH excluding ortho intramolecular Hbond substituents is 1. The lowest BCUT2D eigenvalue weighted by molar-refractivity contribution is -0.138. The third kappa shape index (κ3) is 5.53. The molecular formula is C29H23FNO6PS. The Morgan fingerprint density at radius 1 is 0.897 bits per heavy atom. The number of para-hydroxylation sites is 1. The number of rotatable bonds is 8. The molecule has 3 N–H and O–H groups in total. The Kier molecular flexibility index (Phi) is 7.42. The van der Waals surface area contributed by atoms with Gasteiger partial charge in [0.1, 0.15) is 17.5 Å². The topological polar surface area (TPSA) is 115 Å². The molecule has 0 unspecified atom stereocenters. The second-order valence-corrected chi connectivity index (χ2v) is 11.7. The van der Waals surface area contributed by atoms with Gasteiger partial charge < -0.3 is 19.8 Å². The number of Topliss-reactive ketones (excluding diaryl/α,β-unsaturated/α-hetero) is 1. The fourth-order valence-corrected chi connectivity index (χ4v) is 5.95. The summed E-state index contributed by atoms with van der Waals surface area (Å²) in [6.45, 7) is 0. The van der Waals surface area contributed by atoms with Gasteiger partial charge in [0.25, 0.3) is 0 Å². The van der Waals surface area contributed by atoms with Crippen LogP contribution in [0.5, 0.6) is 5.75 Å². The van der Waals surface area contributed by atoms with Crippen molar-refractivity contribution in [1.29, 1.82) is 0 Å². The SMILES string of the molecule is O=C(CSc1ccc(F)cc1)[C@H]1C(=O)N(c2ccccc2)[C@@H]1c1ccc(-c2ccc(P(=O)(O)O)cc2)cc1O. The first-order valence-electron chi connectivity index (χ1n) is 11.9. The van der Waals surface area contributed by atoms with Gasteiger partial charge in [-0.3, -0.25) is 14.2 Å². The van der Waals surface area contributed by atoms with Gasteiger partial charge in [0.2, 0.25) is 5.91 Å². The van der Waals surface area contributed by atoms with E-state index in [0.717, 1.165) is 0 Å². The van der Waals surface area contributed by atoms with Crippen molar-refractivity contribution in [3.63, 3.8) is 0 Å². The predicted octanol–water partition coefficient (Wildman–Crippen LogP) is 5.07. The molecule has 39 heavy (non-hydrogen) atoms. The molecule has 0 radical (unpaired) electrons. The van der Waals surface area contributed by atoms with Crippen molar-refractivity contribution in [3.8, 4) is 16.9 Å². The second-order valence-electron chi connectivity index (χ2n) is 9.04. The lowest BCUT2D eigenvalue weighted by atomic mass is 9.78. The molecule has 4 aromatic carbocycles. The molecule has 1 aliphatic heterocycles. The van der Waals surface area contributed by atoms with E-state index in [9.17, 15) is 33.4 Å². The number of hydrogen-bond acceptors (Lipinski definition) is 5. The van der Waals surface area contributed by atoms with Crippen molar-refractivity contribution < 1.29 is 33.4 Å². The molecule has 1 amide bonds. The first kappa shape index (κ1) is 26.8. The van der Waals surface area contributed by atoms with E-state index in [2.05, 4.69) is 0 Å². The zero-order valence-corrected chi connectivity index (χ0v) is 22.1. The minimum atomic E-state index is -4.38. The number of benzene rings is 4. The minimum Gasteiger partial charge on any atom is -0.508 e. The average molecular weight is 564 g/mol. The Labute approximate surface area is 228 Å². The largest absolute Gasteiger partial charge is 0.508 e. The molecule has 198 valence electrons. The highest BCUT2D eigenvalue weighted by Gasteiger charge is 2.53. The van der Waals surface area contributed by atoms with Gasteiger partial charge in [0.05, 0.1) is 17.1 Å². The number of nitrogens with zero attached hydrogens (tertiary/aromatic N) is 1. The average Bonchev–Trinajstić information content (AvgIpc) is 2.92. The molecule has 0 aromatic heterocycles. The van der Waals surface area contributed by atoms with E-state index < -0.39 is 19.6 Å². The number of phenols is 1. The molecule has 1 fully saturated rings. The van der Waals surface area contributed by atoms with Gasteiger partial charge in [-0.05, 0) is 65.7 Å². The van der Waals surface area contributed by atoms with Gasteiger partial charge >= 0.3 is 7.60 Å². The Morgan fingerprint density at radius 2 is 1.54 bits per heavy atom. The number of amides is 1. The number of thioether (sulfide) groups is 1. The summed E-state index contributed by atoms with van der Waals surface area (Å²) < 4.78 is 24.7. The van der Waals surface area contributed by atoms with E-state index in [1.807, 2.05) is 6.07 Å². The number of carbonyl (C=O) groups is 2.